The van der Waals surface area contributed by atoms with Gasteiger partial charge in [-0.15, -0.1) is 0 Å². The molecule has 1 heterocycles. The van der Waals surface area contributed by atoms with E-state index in [1.807, 2.05) is 24.3 Å². The quantitative estimate of drug-likeness (QED) is 0.636. The highest BCUT2D eigenvalue weighted by atomic mass is 16.5. The summed E-state index contributed by atoms with van der Waals surface area (Å²) in [5.74, 6) is 0.817. The maximum atomic E-state index is 12.2. The van der Waals surface area contributed by atoms with E-state index in [0.29, 0.717) is 13.0 Å². The highest BCUT2D eigenvalue weighted by Crippen LogP contribution is 2.21. The van der Waals surface area contributed by atoms with Gasteiger partial charge in [0.2, 0.25) is 5.91 Å². The van der Waals surface area contributed by atoms with E-state index in [0.717, 1.165) is 43.1 Å². The van der Waals surface area contributed by atoms with Gasteiger partial charge in [0.05, 0.1) is 13.5 Å². The molecular weight excluding hydrogens is 386 g/mol. The van der Waals surface area contributed by atoms with Gasteiger partial charge in [0, 0.05) is 44.1 Å². The molecule has 1 saturated heterocycles. The predicted octanol–water partition coefficient (Wildman–Crippen LogP) is 3.88. The molecule has 0 radical (unpaired) electrons. The molecule has 3 aromatic rings. The fraction of sp³-hybridized carbons (Fsp3) is 0.269. The first-order valence-electron chi connectivity index (χ1n) is 10.7. The summed E-state index contributed by atoms with van der Waals surface area (Å²) >= 11 is 0. The number of methoxy groups -OCH3 is 1. The van der Waals surface area contributed by atoms with Crippen LogP contribution in [0, 0.1) is 0 Å². The number of piperazine rings is 1. The first-order valence-corrected chi connectivity index (χ1v) is 10.7. The van der Waals surface area contributed by atoms with Crippen molar-refractivity contribution in [2.75, 3.05) is 43.1 Å². The van der Waals surface area contributed by atoms with Crippen LogP contribution in [-0.2, 0) is 17.8 Å². The molecule has 1 aliphatic rings. The zero-order valence-electron chi connectivity index (χ0n) is 18.0. The molecule has 0 atom stereocenters. The second kappa shape index (κ2) is 10.0. The Labute approximate surface area is 184 Å². The number of anilines is 2. The number of nitrogens with zero attached hydrogens (tertiary/aromatic N) is 2. The van der Waals surface area contributed by atoms with Gasteiger partial charge in [0.25, 0.3) is 0 Å². The molecule has 0 aliphatic carbocycles. The number of benzene rings is 3. The molecule has 5 nitrogen and oxygen atoms in total. The maximum Gasteiger partial charge on any atom is 0.224 e. The molecule has 1 aliphatic heterocycles. The van der Waals surface area contributed by atoms with Crippen LogP contribution in [0.3, 0.4) is 0 Å². The summed E-state index contributed by atoms with van der Waals surface area (Å²) in [4.78, 5) is 17.1. The van der Waals surface area contributed by atoms with Crippen LogP contribution < -0.4 is 19.9 Å². The first kappa shape index (κ1) is 20.8. The van der Waals surface area contributed by atoms with Gasteiger partial charge in [-0.05, 0) is 47.5 Å². The van der Waals surface area contributed by atoms with Gasteiger partial charge in [0.15, 0.2) is 0 Å². The molecule has 31 heavy (non-hydrogen) atoms. The molecule has 4 rings (SSSR count). The first-order chi connectivity index (χ1) is 15.2. The molecule has 5 heteroatoms. The Morgan fingerprint density at radius 2 is 1.32 bits per heavy atom. The minimum Gasteiger partial charge on any atom is -0.497 e. The van der Waals surface area contributed by atoms with Crippen molar-refractivity contribution in [1.82, 2.24) is 5.32 Å². The number of para-hydroxylation sites is 1. The number of hydrogen-bond acceptors (Lipinski definition) is 4. The van der Waals surface area contributed by atoms with Crippen LogP contribution in [0.5, 0.6) is 5.75 Å². The van der Waals surface area contributed by atoms with Crippen molar-refractivity contribution in [2.45, 2.75) is 13.0 Å². The van der Waals surface area contributed by atoms with E-state index in [1.165, 1.54) is 11.4 Å². The second-order valence-corrected chi connectivity index (χ2v) is 7.78. The Balaban J connectivity index is 1.24. The SMILES string of the molecule is COc1ccc(CC(=O)NCc2ccc(N3CCN(c4ccccc4)CC3)cc2)cc1. The van der Waals surface area contributed by atoms with E-state index in [9.17, 15) is 4.79 Å². The number of hydrogen-bond donors (Lipinski definition) is 1. The summed E-state index contributed by atoms with van der Waals surface area (Å²) in [6, 6.07) is 26.7. The van der Waals surface area contributed by atoms with E-state index in [4.69, 9.17) is 4.74 Å². The smallest absolute Gasteiger partial charge is 0.224 e. The Morgan fingerprint density at radius 1 is 0.774 bits per heavy atom. The minimum absolute atomic E-state index is 0.0197. The highest BCUT2D eigenvalue weighted by molar-refractivity contribution is 5.78. The van der Waals surface area contributed by atoms with Crippen molar-refractivity contribution in [2.24, 2.45) is 0 Å². The standard InChI is InChI=1S/C26H29N3O2/c1-31-25-13-9-21(10-14-25)19-26(30)27-20-22-7-11-24(12-8-22)29-17-15-28(16-18-29)23-5-3-2-4-6-23/h2-14H,15-20H2,1H3,(H,27,30). The van der Waals surface area contributed by atoms with Crippen LogP contribution in [0.1, 0.15) is 11.1 Å². The summed E-state index contributed by atoms with van der Waals surface area (Å²) in [7, 11) is 1.64. The van der Waals surface area contributed by atoms with Crippen molar-refractivity contribution < 1.29 is 9.53 Å². The number of carbonyl (C=O) groups is 1. The predicted molar refractivity (Wildman–Crippen MR) is 126 cm³/mol. The van der Waals surface area contributed by atoms with E-state index in [1.54, 1.807) is 7.11 Å². The zero-order chi connectivity index (χ0) is 21.5. The summed E-state index contributed by atoms with van der Waals surface area (Å²) in [5.41, 5.74) is 4.61. The molecule has 0 unspecified atom stereocenters. The molecule has 0 saturated carbocycles. The number of carbonyl (C=O) groups excluding carboxylic acids is 1. The van der Waals surface area contributed by atoms with Gasteiger partial charge < -0.3 is 19.9 Å². The van der Waals surface area contributed by atoms with Crippen molar-refractivity contribution in [3.05, 3.63) is 90.0 Å². The van der Waals surface area contributed by atoms with Gasteiger partial charge in [0.1, 0.15) is 5.75 Å². The molecule has 0 spiro atoms. The van der Waals surface area contributed by atoms with E-state index in [-0.39, 0.29) is 5.91 Å². The number of rotatable bonds is 7. The lowest BCUT2D eigenvalue weighted by atomic mass is 10.1. The third-order valence-electron chi connectivity index (χ3n) is 5.72. The molecule has 0 bridgehead atoms. The summed E-state index contributed by atoms with van der Waals surface area (Å²) < 4.78 is 5.15. The Hall–Kier alpha value is -3.47. The van der Waals surface area contributed by atoms with E-state index >= 15 is 0 Å². The Kier molecular flexibility index (Phi) is 6.72. The van der Waals surface area contributed by atoms with Crippen LogP contribution in [0.2, 0.25) is 0 Å². The van der Waals surface area contributed by atoms with Crippen molar-refractivity contribution in [1.29, 1.82) is 0 Å². The fourth-order valence-corrected chi connectivity index (χ4v) is 3.88. The van der Waals surface area contributed by atoms with E-state index in [2.05, 4.69) is 69.7 Å². The molecule has 1 amide bonds. The zero-order valence-corrected chi connectivity index (χ0v) is 18.0. The van der Waals surface area contributed by atoms with Crippen LogP contribution in [0.15, 0.2) is 78.9 Å². The third kappa shape index (κ3) is 5.57. The molecular formula is C26H29N3O2. The third-order valence-corrected chi connectivity index (χ3v) is 5.72. The Morgan fingerprint density at radius 3 is 1.90 bits per heavy atom. The van der Waals surface area contributed by atoms with Gasteiger partial charge in [-0.1, -0.05) is 42.5 Å². The lowest BCUT2D eigenvalue weighted by molar-refractivity contribution is -0.120. The summed E-state index contributed by atoms with van der Waals surface area (Å²) in [5, 5.41) is 3.01. The van der Waals surface area contributed by atoms with Crippen LogP contribution >= 0.6 is 0 Å². The number of nitrogens with one attached hydrogen (secondary N) is 1. The van der Waals surface area contributed by atoms with Gasteiger partial charge in [-0.25, -0.2) is 0 Å². The Bertz CT molecular complexity index is 964. The van der Waals surface area contributed by atoms with Gasteiger partial charge in [-0.2, -0.15) is 0 Å². The monoisotopic (exact) mass is 415 g/mol. The normalized spacial score (nSPS) is 13.7. The number of amides is 1. The van der Waals surface area contributed by atoms with Crippen molar-refractivity contribution in [3.63, 3.8) is 0 Å². The van der Waals surface area contributed by atoms with Crippen LogP contribution in [0.25, 0.3) is 0 Å². The summed E-state index contributed by atoms with van der Waals surface area (Å²) in [6.07, 6.45) is 0.369. The van der Waals surface area contributed by atoms with Gasteiger partial charge >= 0.3 is 0 Å². The molecule has 0 aromatic heterocycles. The molecule has 160 valence electrons. The van der Waals surface area contributed by atoms with Crippen molar-refractivity contribution in [3.8, 4) is 5.75 Å². The lowest BCUT2D eigenvalue weighted by Gasteiger charge is -2.37. The minimum atomic E-state index is 0.0197. The van der Waals surface area contributed by atoms with E-state index < -0.39 is 0 Å². The molecule has 3 aromatic carbocycles. The highest BCUT2D eigenvalue weighted by Gasteiger charge is 2.17. The molecule has 1 N–H and O–H groups in total. The largest absolute Gasteiger partial charge is 0.497 e. The van der Waals surface area contributed by atoms with Gasteiger partial charge in [-0.3, -0.25) is 4.79 Å². The molecule has 1 fully saturated rings. The van der Waals surface area contributed by atoms with Crippen LogP contribution in [0.4, 0.5) is 11.4 Å². The average molecular weight is 416 g/mol. The number of ether oxygens (including phenoxy) is 1. The fourth-order valence-electron chi connectivity index (χ4n) is 3.88. The average Bonchev–Trinajstić information content (AvgIpc) is 2.84. The second-order valence-electron chi connectivity index (χ2n) is 7.78. The topological polar surface area (TPSA) is 44.8 Å². The maximum absolute atomic E-state index is 12.2. The van der Waals surface area contributed by atoms with Crippen molar-refractivity contribution >= 4 is 17.3 Å². The lowest BCUT2D eigenvalue weighted by Crippen LogP contribution is -2.46. The summed E-state index contributed by atoms with van der Waals surface area (Å²) in [6.45, 7) is 4.59. The van der Waals surface area contributed by atoms with Crippen LogP contribution in [-0.4, -0.2) is 39.2 Å².